The number of nitrogens with zero attached hydrogens (tertiary/aromatic N) is 5. The van der Waals surface area contributed by atoms with Crippen LogP contribution in [0.15, 0.2) is 11.2 Å². The zero-order chi connectivity index (χ0) is 25.3. The van der Waals surface area contributed by atoms with Crippen LogP contribution < -0.4 is 4.90 Å². The first-order chi connectivity index (χ1) is 16.1. The highest BCUT2D eigenvalue weighted by Gasteiger charge is 2.28. The first-order valence-electron chi connectivity index (χ1n) is 12.7. The van der Waals surface area contributed by atoms with Crippen molar-refractivity contribution >= 4 is 41.0 Å². The summed E-state index contributed by atoms with van der Waals surface area (Å²) in [5, 5.41) is 0.865. The number of hydrogen-bond acceptors (Lipinski definition) is 6. The van der Waals surface area contributed by atoms with Crippen LogP contribution in [0.5, 0.6) is 0 Å². The SMILES string of the molecule is CCCCCCCC(=O)N1CCN(c2cc(Cl)nc(SCC(=O)N(C(C)C)C(C)C)n2)CC1C. The van der Waals surface area contributed by atoms with Gasteiger partial charge in [0, 0.05) is 50.2 Å². The van der Waals surface area contributed by atoms with Crippen LogP contribution in [0.4, 0.5) is 5.82 Å². The molecule has 1 atom stereocenters. The number of piperazine rings is 1. The lowest BCUT2D eigenvalue weighted by Crippen LogP contribution is -2.54. The van der Waals surface area contributed by atoms with Gasteiger partial charge in [-0.1, -0.05) is 56.0 Å². The molecule has 0 aromatic carbocycles. The predicted molar refractivity (Wildman–Crippen MR) is 142 cm³/mol. The van der Waals surface area contributed by atoms with E-state index in [1.807, 2.05) is 37.5 Å². The second-order valence-electron chi connectivity index (χ2n) is 9.66. The maximum absolute atomic E-state index is 12.7. The minimum atomic E-state index is 0.0653. The van der Waals surface area contributed by atoms with E-state index < -0.39 is 0 Å². The van der Waals surface area contributed by atoms with Crippen molar-refractivity contribution in [3.8, 4) is 0 Å². The lowest BCUT2D eigenvalue weighted by molar-refractivity contribution is -0.134. The van der Waals surface area contributed by atoms with Gasteiger partial charge >= 0.3 is 0 Å². The molecule has 2 rings (SSSR count). The molecule has 1 saturated heterocycles. The van der Waals surface area contributed by atoms with E-state index in [0.717, 1.165) is 18.7 Å². The number of hydrogen-bond donors (Lipinski definition) is 0. The molecule has 7 nitrogen and oxygen atoms in total. The van der Waals surface area contributed by atoms with Gasteiger partial charge in [0.1, 0.15) is 11.0 Å². The topological polar surface area (TPSA) is 69.6 Å². The van der Waals surface area contributed by atoms with Crippen LogP contribution in [0, 0.1) is 0 Å². The molecule has 1 aromatic rings. The van der Waals surface area contributed by atoms with Crippen LogP contribution in [-0.2, 0) is 9.59 Å². The maximum atomic E-state index is 12.7. The summed E-state index contributed by atoms with van der Waals surface area (Å²) in [6.07, 6.45) is 6.39. The van der Waals surface area contributed by atoms with E-state index >= 15 is 0 Å². The van der Waals surface area contributed by atoms with E-state index in [2.05, 4.69) is 28.7 Å². The van der Waals surface area contributed by atoms with Crippen molar-refractivity contribution in [3.05, 3.63) is 11.2 Å². The third-order valence-corrected chi connectivity index (χ3v) is 7.18. The fourth-order valence-electron chi connectivity index (χ4n) is 4.54. The minimum absolute atomic E-state index is 0.0653. The molecule has 1 fully saturated rings. The Balaban J connectivity index is 1.94. The van der Waals surface area contributed by atoms with Crippen LogP contribution in [0.25, 0.3) is 0 Å². The van der Waals surface area contributed by atoms with Crippen molar-refractivity contribution in [3.63, 3.8) is 0 Å². The number of rotatable bonds is 12. The highest BCUT2D eigenvalue weighted by atomic mass is 35.5. The first-order valence-corrected chi connectivity index (χ1v) is 14.0. The van der Waals surface area contributed by atoms with Gasteiger partial charge in [0.2, 0.25) is 11.8 Å². The standard InChI is InChI=1S/C25H42ClN5O2S/c1-7-8-9-10-11-12-23(32)30-14-13-29(16-20(30)6)22-15-21(26)27-25(28-22)34-17-24(33)31(18(2)3)19(4)5/h15,18-20H,7-14,16-17H2,1-6H3. The summed E-state index contributed by atoms with van der Waals surface area (Å²) in [5.41, 5.74) is 0. The molecule has 0 spiro atoms. The van der Waals surface area contributed by atoms with Gasteiger partial charge in [0.05, 0.1) is 5.75 Å². The second kappa shape index (κ2) is 14.1. The quantitative estimate of drug-likeness (QED) is 0.165. The summed E-state index contributed by atoms with van der Waals surface area (Å²) in [4.78, 5) is 40.5. The minimum Gasteiger partial charge on any atom is -0.353 e. The average Bonchev–Trinajstić information content (AvgIpc) is 2.76. The van der Waals surface area contributed by atoms with E-state index in [9.17, 15) is 9.59 Å². The molecular weight excluding hydrogens is 470 g/mol. The van der Waals surface area contributed by atoms with Crippen molar-refractivity contribution in [1.82, 2.24) is 19.8 Å². The van der Waals surface area contributed by atoms with Crippen molar-refractivity contribution in [1.29, 1.82) is 0 Å². The van der Waals surface area contributed by atoms with Crippen LogP contribution in [0.1, 0.15) is 80.1 Å². The summed E-state index contributed by atoms with van der Waals surface area (Å²) in [5.74, 6) is 1.33. The third-order valence-electron chi connectivity index (χ3n) is 6.15. The number of halogens is 1. The summed E-state index contributed by atoms with van der Waals surface area (Å²) >= 11 is 7.62. The highest BCUT2D eigenvalue weighted by molar-refractivity contribution is 7.99. The van der Waals surface area contributed by atoms with Crippen LogP contribution >= 0.6 is 23.4 Å². The Bertz CT molecular complexity index is 800. The van der Waals surface area contributed by atoms with Gasteiger partial charge in [0.25, 0.3) is 0 Å². The van der Waals surface area contributed by atoms with Gasteiger partial charge in [-0.25, -0.2) is 9.97 Å². The van der Waals surface area contributed by atoms with E-state index in [1.54, 1.807) is 6.07 Å². The van der Waals surface area contributed by atoms with Crippen LogP contribution in [0.3, 0.4) is 0 Å². The number of amides is 2. The van der Waals surface area contributed by atoms with E-state index in [1.165, 1.54) is 31.0 Å². The molecule has 0 bridgehead atoms. The van der Waals surface area contributed by atoms with Crippen molar-refractivity contribution in [2.75, 3.05) is 30.3 Å². The molecule has 1 aliphatic rings. The number of anilines is 1. The molecule has 2 amide bonds. The summed E-state index contributed by atoms with van der Waals surface area (Å²) in [6, 6.07) is 2.15. The maximum Gasteiger partial charge on any atom is 0.233 e. The van der Waals surface area contributed by atoms with Gasteiger partial charge in [-0.05, 0) is 41.0 Å². The third kappa shape index (κ3) is 8.59. The van der Waals surface area contributed by atoms with Crippen molar-refractivity contribution in [2.45, 2.75) is 103 Å². The number of unbranched alkanes of at least 4 members (excludes halogenated alkanes) is 4. The molecule has 192 valence electrons. The molecule has 1 unspecified atom stereocenters. The van der Waals surface area contributed by atoms with Crippen molar-refractivity contribution < 1.29 is 9.59 Å². The molecule has 0 aliphatic carbocycles. The fourth-order valence-corrected chi connectivity index (χ4v) is 5.50. The molecule has 1 aromatic heterocycles. The number of carbonyl (C=O) groups excluding carboxylic acids is 2. The summed E-state index contributed by atoms with van der Waals surface area (Å²) < 4.78 is 0. The molecule has 1 aliphatic heterocycles. The van der Waals surface area contributed by atoms with Crippen LogP contribution in [-0.4, -0.2) is 75.1 Å². The fraction of sp³-hybridized carbons (Fsp3) is 0.760. The van der Waals surface area contributed by atoms with Gasteiger partial charge in [0.15, 0.2) is 5.16 Å². The van der Waals surface area contributed by atoms with Gasteiger partial charge in [-0.3, -0.25) is 9.59 Å². The van der Waals surface area contributed by atoms with Crippen LogP contribution in [0.2, 0.25) is 5.15 Å². The number of carbonyl (C=O) groups is 2. The highest BCUT2D eigenvalue weighted by Crippen LogP contribution is 2.25. The largest absolute Gasteiger partial charge is 0.353 e. The van der Waals surface area contributed by atoms with Gasteiger partial charge in [-0.2, -0.15) is 0 Å². The molecule has 2 heterocycles. The Morgan fingerprint density at radius 3 is 2.41 bits per heavy atom. The lowest BCUT2D eigenvalue weighted by atomic mass is 10.1. The molecule has 34 heavy (non-hydrogen) atoms. The molecule has 0 radical (unpaired) electrons. The number of aromatic nitrogens is 2. The smallest absolute Gasteiger partial charge is 0.233 e. The normalized spacial score (nSPS) is 16.4. The Kier molecular flexibility index (Phi) is 11.9. The Labute approximate surface area is 215 Å². The number of thioether (sulfide) groups is 1. The zero-order valence-corrected chi connectivity index (χ0v) is 23.3. The Morgan fingerprint density at radius 2 is 1.79 bits per heavy atom. The monoisotopic (exact) mass is 511 g/mol. The van der Waals surface area contributed by atoms with Gasteiger partial charge in [-0.15, -0.1) is 0 Å². The Morgan fingerprint density at radius 1 is 1.12 bits per heavy atom. The summed E-state index contributed by atoms with van der Waals surface area (Å²) in [6.45, 7) is 14.5. The Hall–Kier alpha value is -1.54. The molecule has 0 saturated carbocycles. The van der Waals surface area contributed by atoms with E-state index in [-0.39, 0.29) is 35.7 Å². The van der Waals surface area contributed by atoms with Gasteiger partial charge < -0.3 is 14.7 Å². The first kappa shape index (κ1) is 28.7. The average molecular weight is 512 g/mol. The lowest BCUT2D eigenvalue weighted by Gasteiger charge is -2.40. The summed E-state index contributed by atoms with van der Waals surface area (Å²) in [7, 11) is 0. The van der Waals surface area contributed by atoms with E-state index in [4.69, 9.17) is 11.6 Å². The van der Waals surface area contributed by atoms with E-state index in [0.29, 0.717) is 36.4 Å². The molecular formula is C25H42ClN5O2S. The zero-order valence-electron chi connectivity index (χ0n) is 21.7. The second-order valence-corrected chi connectivity index (χ2v) is 11.0. The molecule has 9 heteroatoms. The van der Waals surface area contributed by atoms with Crippen molar-refractivity contribution in [2.24, 2.45) is 0 Å². The predicted octanol–water partition coefficient (Wildman–Crippen LogP) is 5.27. The molecule has 0 N–H and O–H groups in total.